The van der Waals surface area contributed by atoms with Crippen LogP contribution in [0.25, 0.3) is 0 Å². The van der Waals surface area contributed by atoms with Crippen molar-refractivity contribution in [2.45, 2.75) is 31.1 Å². The van der Waals surface area contributed by atoms with Crippen LogP contribution in [-0.2, 0) is 19.4 Å². The van der Waals surface area contributed by atoms with Gasteiger partial charge in [-0.2, -0.15) is 4.99 Å². The Hall–Kier alpha value is -1.58. The number of amides is 1. The highest BCUT2D eigenvalue weighted by atomic mass is 32.2. The fourth-order valence-corrected chi connectivity index (χ4v) is 7.12. The van der Waals surface area contributed by atoms with Gasteiger partial charge in [0.25, 0.3) is 5.91 Å². The number of fused-ring (bicyclic) bond motifs is 1. The van der Waals surface area contributed by atoms with Crippen LogP contribution in [0.4, 0.5) is 5.69 Å². The number of nitrogens with zero attached hydrogens (tertiary/aromatic N) is 2. The third-order valence-corrected chi connectivity index (χ3v) is 7.63. The van der Waals surface area contributed by atoms with E-state index in [1.54, 1.807) is 0 Å². The third-order valence-electron chi connectivity index (χ3n) is 4.42. The second-order valence-corrected chi connectivity index (χ2v) is 9.95. The van der Waals surface area contributed by atoms with Crippen LogP contribution in [0, 0.1) is 0 Å². The molecule has 2 atom stereocenters. The van der Waals surface area contributed by atoms with Crippen LogP contribution in [0.1, 0.15) is 19.8 Å². The molecular weight excluding hydrogens is 388 g/mol. The topological polar surface area (TPSA) is 85.3 Å². The number of benzene rings is 1. The third kappa shape index (κ3) is 4.83. The first-order valence-corrected chi connectivity index (χ1v) is 11.6. The Morgan fingerprint density at radius 3 is 2.93 bits per heavy atom. The van der Waals surface area contributed by atoms with E-state index in [2.05, 4.69) is 11.9 Å². The van der Waals surface area contributed by atoms with Gasteiger partial charge in [-0.05, 0) is 18.6 Å². The molecule has 9 heteroatoms. The van der Waals surface area contributed by atoms with Crippen molar-refractivity contribution in [2.24, 2.45) is 4.99 Å². The molecule has 148 valence electrons. The van der Waals surface area contributed by atoms with E-state index in [0.717, 1.165) is 24.3 Å². The largest absolute Gasteiger partial charge is 0.494 e. The molecule has 0 saturated carbocycles. The van der Waals surface area contributed by atoms with Crippen LogP contribution in [0.15, 0.2) is 29.3 Å². The molecule has 0 aliphatic carbocycles. The summed E-state index contributed by atoms with van der Waals surface area (Å²) in [7, 11) is -1.65. The van der Waals surface area contributed by atoms with E-state index in [1.165, 1.54) is 18.9 Å². The van der Waals surface area contributed by atoms with Crippen molar-refractivity contribution < 1.29 is 22.7 Å². The van der Waals surface area contributed by atoms with Crippen molar-refractivity contribution in [3.63, 3.8) is 0 Å². The molecule has 2 heterocycles. The molecule has 0 radical (unpaired) electrons. The lowest BCUT2D eigenvalue weighted by atomic mass is 10.2. The Kier molecular flexibility index (Phi) is 6.44. The van der Waals surface area contributed by atoms with Crippen LogP contribution >= 0.6 is 11.8 Å². The number of carbonyl (C=O) groups excluding carboxylic acids is 1. The van der Waals surface area contributed by atoms with E-state index in [9.17, 15) is 13.2 Å². The average Bonchev–Trinajstić information content (AvgIpc) is 3.06. The van der Waals surface area contributed by atoms with Gasteiger partial charge in [-0.1, -0.05) is 31.2 Å². The first-order valence-electron chi connectivity index (χ1n) is 8.93. The van der Waals surface area contributed by atoms with Gasteiger partial charge < -0.3 is 14.4 Å². The molecule has 1 aromatic rings. The molecule has 2 aliphatic rings. The van der Waals surface area contributed by atoms with Gasteiger partial charge in [0.05, 0.1) is 24.2 Å². The van der Waals surface area contributed by atoms with Crippen LogP contribution in [0.3, 0.4) is 0 Å². The number of thioether (sulfide) groups is 1. The minimum Gasteiger partial charge on any atom is -0.494 e. The van der Waals surface area contributed by atoms with Gasteiger partial charge in [0.15, 0.2) is 15.0 Å². The first kappa shape index (κ1) is 20.2. The molecule has 27 heavy (non-hydrogen) atoms. The van der Waals surface area contributed by atoms with Gasteiger partial charge in [0.1, 0.15) is 12.4 Å². The van der Waals surface area contributed by atoms with E-state index in [0.29, 0.717) is 11.8 Å². The molecule has 2 fully saturated rings. The normalized spacial score (nSPS) is 25.0. The summed E-state index contributed by atoms with van der Waals surface area (Å²) in [5, 5.41) is 0.390. The molecule has 7 nitrogen and oxygen atoms in total. The maximum atomic E-state index is 12.1. The Balaban J connectivity index is 1.90. The zero-order chi connectivity index (χ0) is 19.4. The summed E-state index contributed by atoms with van der Waals surface area (Å²) in [5.74, 6) is 0.493. The van der Waals surface area contributed by atoms with Crippen molar-refractivity contribution in [3.8, 4) is 5.75 Å². The molecule has 2 saturated heterocycles. The number of ether oxygens (including phenoxy) is 2. The zero-order valence-corrected chi connectivity index (χ0v) is 17.1. The molecule has 3 rings (SSSR count). The van der Waals surface area contributed by atoms with Crippen LogP contribution in [0.2, 0.25) is 0 Å². The van der Waals surface area contributed by atoms with E-state index in [4.69, 9.17) is 9.47 Å². The second kappa shape index (κ2) is 8.62. The molecule has 1 amide bonds. The Morgan fingerprint density at radius 2 is 2.19 bits per heavy atom. The van der Waals surface area contributed by atoms with Crippen molar-refractivity contribution in [2.75, 3.05) is 36.7 Å². The first-order chi connectivity index (χ1) is 12.9. The maximum absolute atomic E-state index is 12.1. The van der Waals surface area contributed by atoms with Crippen molar-refractivity contribution in [1.82, 2.24) is 0 Å². The van der Waals surface area contributed by atoms with Crippen molar-refractivity contribution in [1.29, 1.82) is 0 Å². The minimum absolute atomic E-state index is 0.0586. The highest BCUT2D eigenvalue weighted by Crippen LogP contribution is 2.41. The monoisotopic (exact) mass is 412 g/mol. The van der Waals surface area contributed by atoms with Gasteiger partial charge in [0, 0.05) is 24.1 Å². The number of rotatable bonds is 7. The van der Waals surface area contributed by atoms with E-state index < -0.39 is 9.84 Å². The van der Waals surface area contributed by atoms with Crippen molar-refractivity contribution >= 4 is 38.4 Å². The smallest absolute Gasteiger partial charge is 0.274 e. The minimum atomic E-state index is -3.09. The predicted molar refractivity (Wildman–Crippen MR) is 107 cm³/mol. The zero-order valence-electron chi connectivity index (χ0n) is 15.5. The second-order valence-electron chi connectivity index (χ2n) is 6.59. The summed E-state index contributed by atoms with van der Waals surface area (Å²) in [5.41, 5.74) is 0.782. The van der Waals surface area contributed by atoms with E-state index in [1.807, 2.05) is 29.2 Å². The average molecular weight is 413 g/mol. The summed E-state index contributed by atoms with van der Waals surface area (Å²) in [6.45, 7) is 2.62. The number of unbranched alkanes of at least 4 members (excludes halogenated alkanes) is 1. The number of hydrogen-bond acceptors (Lipinski definition) is 6. The number of methoxy groups -OCH3 is 1. The molecule has 0 spiro atoms. The quantitative estimate of drug-likeness (QED) is 0.634. The Morgan fingerprint density at radius 1 is 1.37 bits per heavy atom. The molecule has 0 unspecified atom stereocenters. The van der Waals surface area contributed by atoms with Crippen LogP contribution in [-0.4, -0.2) is 62.6 Å². The lowest BCUT2D eigenvalue weighted by Crippen LogP contribution is -2.37. The molecule has 0 N–H and O–H groups in total. The van der Waals surface area contributed by atoms with Gasteiger partial charge in [0.2, 0.25) is 0 Å². The highest BCUT2D eigenvalue weighted by molar-refractivity contribution is 8.16. The Bertz CT molecular complexity index is 825. The molecule has 0 aromatic heterocycles. The molecule has 1 aromatic carbocycles. The molecule has 2 aliphatic heterocycles. The van der Waals surface area contributed by atoms with E-state index in [-0.39, 0.29) is 35.3 Å². The Labute approximate surface area is 164 Å². The summed E-state index contributed by atoms with van der Waals surface area (Å²) >= 11 is 1.35. The van der Waals surface area contributed by atoms with Crippen LogP contribution < -0.4 is 9.64 Å². The molecular formula is C18H24N2O5S2. The number of hydrogen-bond donors (Lipinski definition) is 0. The summed E-state index contributed by atoms with van der Waals surface area (Å²) in [6, 6.07) is 7.27. The summed E-state index contributed by atoms with van der Waals surface area (Å²) in [6.07, 6.45) is 2.01. The SMILES string of the molecule is CCCCOc1cccc(N2C(=NC(=O)COC)S[C@H]3CS(=O)(=O)C[C@H]32)c1. The van der Waals surface area contributed by atoms with Crippen LogP contribution in [0.5, 0.6) is 5.75 Å². The number of carbonyl (C=O) groups is 1. The fourth-order valence-electron chi connectivity index (χ4n) is 3.19. The van der Waals surface area contributed by atoms with Gasteiger partial charge in [-0.15, -0.1) is 0 Å². The number of aliphatic imine (C=N–C) groups is 1. The lowest BCUT2D eigenvalue weighted by Gasteiger charge is -2.25. The lowest BCUT2D eigenvalue weighted by molar-refractivity contribution is -0.121. The number of amidine groups is 1. The van der Waals surface area contributed by atoms with Gasteiger partial charge in [-0.3, -0.25) is 4.79 Å². The van der Waals surface area contributed by atoms with E-state index >= 15 is 0 Å². The standard InChI is InChI=1S/C18H24N2O5S2/c1-3-4-8-25-14-7-5-6-13(9-14)20-15-11-27(22,23)12-16(15)26-18(20)19-17(21)10-24-2/h5-7,9,15-16H,3-4,8,10-12H2,1-2H3/t15-,16+/m1/s1. The maximum Gasteiger partial charge on any atom is 0.274 e. The number of sulfone groups is 1. The highest BCUT2D eigenvalue weighted by Gasteiger charge is 2.49. The van der Waals surface area contributed by atoms with Gasteiger partial charge in [-0.25, -0.2) is 8.42 Å². The summed E-state index contributed by atoms with van der Waals surface area (Å²) < 4.78 is 34.8. The molecule has 0 bridgehead atoms. The summed E-state index contributed by atoms with van der Waals surface area (Å²) in [4.78, 5) is 18.0. The van der Waals surface area contributed by atoms with Crippen molar-refractivity contribution in [3.05, 3.63) is 24.3 Å². The fraction of sp³-hybridized carbons (Fsp3) is 0.556. The number of anilines is 1. The predicted octanol–water partition coefficient (Wildman–Crippen LogP) is 2.11. The van der Waals surface area contributed by atoms with Gasteiger partial charge >= 0.3 is 0 Å².